The lowest BCUT2D eigenvalue weighted by Gasteiger charge is -2.07. The Morgan fingerprint density at radius 2 is 1.88 bits per heavy atom. The highest BCUT2D eigenvalue weighted by Gasteiger charge is 2.22. The number of pyridine rings is 1. The van der Waals surface area contributed by atoms with E-state index in [1.807, 2.05) is 38.1 Å². The third kappa shape index (κ3) is 2.71. The van der Waals surface area contributed by atoms with Gasteiger partial charge in [-0.2, -0.15) is 0 Å². The summed E-state index contributed by atoms with van der Waals surface area (Å²) in [6, 6.07) is 9.11. The molecule has 0 radical (unpaired) electrons. The first-order valence-electron chi connectivity index (χ1n) is 7.58. The third-order valence-corrected chi connectivity index (χ3v) is 3.81. The van der Waals surface area contributed by atoms with Gasteiger partial charge in [0, 0.05) is 5.56 Å². The van der Waals surface area contributed by atoms with E-state index in [4.69, 9.17) is 14.0 Å². The van der Waals surface area contributed by atoms with Gasteiger partial charge in [0.15, 0.2) is 0 Å². The van der Waals surface area contributed by atoms with Crippen LogP contribution >= 0.6 is 0 Å². The van der Waals surface area contributed by atoms with Gasteiger partial charge in [-0.05, 0) is 36.2 Å². The Bertz CT molecular complexity index is 882. The molecule has 0 aliphatic rings. The second-order valence-electron chi connectivity index (χ2n) is 5.68. The Morgan fingerprint density at radius 3 is 2.46 bits per heavy atom. The van der Waals surface area contributed by atoms with E-state index in [1.165, 1.54) is 7.11 Å². The van der Waals surface area contributed by atoms with Gasteiger partial charge in [0.25, 0.3) is 5.71 Å². The van der Waals surface area contributed by atoms with Crippen LogP contribution in [0.2, 0.25) is 0 Å². The molecule has 0 N–H and O–H groups in total. The van der Waals surface area contributed by atoms with E-state index in [-0.39, 0.29) is 5.92 Å². The molecule has 0 saturated heterocycles. The zero-order valence-electron chi connectivity index (χ0n) is 14.0. The number of ether oxygens (including phenoxy) is 2. The number of rotatable bonds is 4. The molecule has 0 atom stereocenters. The molecule has 0 fully saturated rings. The Balaban J connectivity index is 2.21. The highest BCUT2D eigenvalue weighted by atomic mass is 16.5. The zero-order chi connectivity index (χ0) is 17.3. The molecule has 3 aromatic rings. The summed E-state index contributed by atoms with van der Waals surface area (Å²) >= 11 is 0. The molecular formula is C18H18N2O4. The van der Waals surface area contributed by atoms with E-state index < -0.39 is 5.97 Å². The smallest absolute Gasteiger partial charge is 0.338 e. The number of fused-ring (bicyclic) bond motifs is 1. The Labute approximate surface area is 139 Å². The van der Waals surface area contributed by atoms with Crippen molar-refractivity contribution in [2.24, 2.45) is 0 Å². The fourth-order valence-electron chi connectivity index (χ4n) is 2.55. The van der Waals surface area contributed by atoms with E-state index in [0.717, 1.165) is 11.3 Å². The normalized spacial score (nSPS) is 11.0. The van der Waals surface area contributed by atoms with Gasteiger partial charge in [-0.1, -0.05) is 19.0 Å². The number of hydrogen-bond donors (Lipinski definition) is 0. The van der Waals surface area contributed by atoms with Gasteiger partial charge in [0.1, 0.15) is 5.75 Å². The minimum atomic E-state index is -0.442. The van der Waals surface area contributed by atoms with Gasteiger partial charge >= 0.3 is 5.97 Å². The van der Waals surface area contributed by atoms with E-state index in [1.54, 1.807) is 13.2 Å². The van der Waals surface area contributed by atoms with Crippen LogP contribution in [-0.4, -0.2) is 30.3 Å². The van der Waals surface area contributed by atoms with Crippen molar-refractivity contribution in [2.75, 3.05) is 14.2 Å². The first-order valence-corrected chi connectivity index (χ1v) is 7.58. The molecule has 6 heteroatoms. The molecule has 24 heavy (non-hydrogen) atoms. The Hall–Kier alpha value is -2.89. The molecule has 0 unspecified atom stereocenters. The van der Waals surface area contributed by atoms with E-state index >= 15 is 0 Å². The van der Waals surface area contributed by atoms with Crippen LogP contribution in [0.3, 0.4) is 0 Å². The molecule has 1 aromatic carbocycles. The third-order valence-electron chi connectivity index (χ3n) is 3.81. The lowest BCUT2D eigenvalue weighted by Crippen LogP contribution is -2.04. The molecule has 2 aromatic heterocycles. The van der Waals surface area contributed by atoms with Crippen molar-refractivity contribution in [2.45, 2.75) is 19.8 Å². The maximum Gasteiger partial charge on any atom is 0.338 e. The summed E-state index contributed by atoms with van der Waals surface area (Å²) in [5.74, 6) is 0.403. The maximum absolute atomic E-state index is 12.2. The molecule has 0 saturated carbocycles. The summed E-state index contributed by atoms with van der Waals surface area (Å²) < 4.78 is 15.4. The molecule has 0 amide bonds. The number of esters is 1. The SMILES string of the molecule is COC(=O)c1cc(-c2ccc(OC)cc2)nc2onc(C(C)C)c12. The average molecular weight is 326 g/mol. The summed E-state index contributed by atoms with van der Waals surface area (Å²) in [5, 5.41) is 4.67. The van der Waals surface area contributed by atoms with Gasteiger partial charge in [0.2, 0.25) is 0 Å². The number of nitrogens with zero attached hydrogens (tertiary/aromatic N) is 2. The summed E-state index contributed by atoms with van der Waals surface area (Å²) in [5.41, 5.74) is 2.87. The van der Waals surface area contributed by atoms with Crippen molar-refractivity contribution >= 4 is 17.1 Å². The second-order valence-corrected chi connectivity index (χ2v) is 5.68. The van der Waals surface area contributed by atoms with Crippen molar-refractivity contribution in [1.82, 2.24) is 10.1 Å². The molecule has 124 valence electrons. The zero-order valence-corrected chi connectivity index (χ0v) is 14.0. The predicted octanol–water partition coefficient (Wildman–Crippen LogP) is 3.81. The number of aromatic nitrogens is 2. The van der Waals surface area contributed by atoms with Crippen LogP contribution < -0.4 is 4.74 Å². The van der Waals surface area contributed by atoms with Gasteiger partial charge < -0.3 is 14.0 Å². The lowest BCUT2D eigenvalue weighted by atomic mass is 10.0. The highest BCUT2D eigenvalue weighted by molar-refractivity contribution is 6.04. The first-order chi connectivity index (χ1) is 11.5. The van der Waals surface area contributed by atoms with Gasteiger partial charge in [-0.15, -0.1) is 0 Å². The molecule has 0 bridgehead atoms. The van der Waals surface area contributed by atoms with Gasteiger partial charge in [0.05, 0.1) is 36.6 Å². The molecular weight excluding hydrogens is 308 g/mol. The van der Waals surface area contributed by atoms with Crippen LogP contribution in [0.1, 0.15) is 35.8 Å². The molecule has 0 spiro atoms. The summed E-state index contributed by atoms with van der Waals surface area (Å²) in [7, 11) is 2.96. The highest BCUT2D eigenvalue weighted by Crippen LogP contribution is 2.31. The minimum Gasteiger partial charge on any atom is -0.497 e. The minimum absolute atomic E-state index is 0.100. The molecule has 2 heterocycles. The van der Waals surface area contributed by atoms with Crippen molar-refractivity contribution < 1.29 is 18.8 Å². The van der Waals surface area contributed by atoms with Crippen LogP contribution in [0.15, 0.2) is 34.9 Å². The van der Waals surface area contributed by atoms with Gasteiger partial charge in [-0.3, -0.25) is 0 Å². The maximum atomic E-state index is 12.2. The largest absolute Gasteiger partial charge is 0.497 e. The van der Waals surface area contributed by atoms with E-state index in [9.17, 15) is 4.79 Å². The van der Waals surface area contributed by atoms with E-state index in [2.05, 4.69) is 10.1 Å². The molecule has 0 aliphatic carbocycles. The number of hydrogen-bond acceptors (Lipinski definition) is 6. The molecule has 6 nitrogen and oxygen atoms in total. The Morgan fingerprint density at radius 1 is 1.17 bits per heavy atom. The standard InChI is InChI=1S/C18H18N2O4/c1-10(2)16-15-13(18(21)23-4)9-14(19-17(15)24-20-16)11-5-7-12(22-3)8-6-11/h5-10H,1-4H3. The van der Waals surface area contributed by atoms with Crippen molar-refractivity contribution in [3.8, 4) is 17.0 Å². The topological polar surface area (TPSA) is 74.5 Å². The number of benzene rings is 1. The lowest BCUT2D eigenvalue weighted by molar-refractivity contribution is 0.0603. The molecule has 3 rings (SSSR count). The molecule has 0 aliphatic heterocycles. The van der Waals surface area contributed by atoms with Crippen molar-refractivity contribution in [3.63, 3.8) is 0 Å². The van der Waals surface area contributed by atoms with Crippen LogP contribution in [-0.2, 0) is 4.74 Å². The van der Waals surface area contributed by atoms with E-state index in [0.29, 0.717) is 28.1 Å². The average Bonchev–Trinajstić information content (AvgIpc) is 3.04. The monoisotopic (exact) mass is 326 g/mol. The van der Waals surface area contributed by atoms with Crippen LogP contribution in [0.4, 0.5) is 0 Å². The predicted molar refractivity (Wildman–Crippen MR) is 89.2 cm³/mol. The fourth-order valence-corrected chi connectivity index (χ4v) is 2.55. The number of carbonyl (C=O) groups is 1. The summed E-state index contributed by atoms with van der Waals surface area (Å²) in [6.07, 6.45) is 0. The fraction of sp³-hybridized carbons (Fsp3) is 0.278. The summed E-state index contributed by atoms with van der Waals surface area (Å²) in [4.78, 5) is 16.7. The van der Waals surface area contributed by atoms with Crippen molar-refractivity contribution in [1.29, 1.82) is 0 Å². The first kappa shape index (κ1) is 16.0. The van der Waals surface area contributed by atoms with Crippen molar-refractivity contribution in [3.05, 3.63) is 41.6 Å². The number of methoxy groups -OCH3 is 2. The van der Waals surface area contributed by atoms with Crippen LogP contribution in [0, 0.1) is 0 Å². The second kappa shape index (κ2) is 6.31. The Kier molecular flexibility index (Phi) is 4.20. The van der Waals surface area contributed by atoms with Gasteiger partial charge in [-0.25, -0.2) is 9.78 Å². The number of carbonyl (C=O) groups excluding carboxylic acids is 1. The van der Waals surface area contributed by atoms with Crippen LogP contribution in [0.5, 0.6) is 5.75 Å². The quantitative estimate of drug-likeness (QED) is 0.679. The summed E-state index contributed by atoms with van der Waals surface area (Å²) in [6.45, 7) is 3.96. The van der Waals surface area contributed by atoms with Crippen LogP contribution in [0.25, 0.3) is 22.4 Å².